The van der Waals surface area contributed by atoms with Gasteiger partial charge in [-0.05, 0) is 18.2 Å². The summed E-state index contributed by atoms with van der Waals surface area (Å²) in [5.74, 6) is 0.451. The molecule has 1 aromatic carbocycles. The zero-order valence-electron chi connectivity index (χ0n) is 12.6. The van der Waals surface area contributed by atoms with Gasteiger partial charge in [0.05, 0.1) is 18.2 Å². The Balaban J connectivity index is 2.44. The van der Waals surface area contributed by atoms with E-state index in [1.54, 1.807) is 37.3 Å². The minimum atomic E-state index is -0.265. The number of amides is 2. The van der Waals surface area contributed by atoms with E-state index >= 15 is 0 Å². The number of carbonyl (C=O) groups is 1. The van der Waals surface area contributed by atoms with Gasteiger partial charge >= 0.3 is 6.03 Å². The van der Waals surface area contributed by atoms with E-state index in [1.165, 1.54) is 0 Å². The molecule has 8 heteroatoms. The first-order chi connectivity index (χ1) is 10.6. The number of nitrogens with zero attached hydrogens (tertiary/aromatic N) is 1. The van der Waals surface area contributed by atoms with Gasteiger partial charge in [-0.2, -0.15) is 0 Å². The van der Waals surface area contributed by atoms with Gasteiger partial charge in [-0.3, -0.25) is 0 Å². The van der Waals surface area contributed by atoms with E-state index in [4.69, 9.17) is 37.4 Å². The third-order valence-corrected chi connectivity index (χ3v) is 3.29. The molecule has 0 aliphatic carbocycles. The molecule has 0 unspecified atom stereocenters. The molecule has 0 saturated heterocycles. The Bertz CT molecular complexity index is 466. The zero-order valence-corrected chi connectivity index (χ0v) is 14.1. The van der Waals surface area contributed by atoms with Crippen LogP contribution in [0.2, 0.25) is 10.0 Å². The standard InChI is InChI=1S/C14H20Cl2N2O4/c1-20-7-5-18(6-8-21-2)14(19)17-10-22-13-4-3-11(15)9-12(13)16/h3-4,9H,5-8,10H2,1-2H3,(H,17,19). The summed E-state index contributed by atoms with van der Waals surface area (Å²) in [6, 6.07) is 4.61. The monoisotopic (exact) mass is 350 g/mol. The lowest BCUT2D eigenvalue weighted by molar-refractivity contribution is 0.119. The fourth-order valence-electron chi connectivity index (χ4n) is 1.60. The molecule has 0 aromatic heterocycles. The van der Waals surface area contributed by atoms with Gasteiger partial charge in [0.15, 0.2) is 6.73 Å². The first kappa shape index (κ1) is 18.8. The Morgan fingerprint density at radius 1 is 1.18 bits per heavy atom. The van der Waals surface area contributed by atoms with E-state index in [9.17, 15) is 4.79 Å². The SMILES string of the molecule is COCCN(CCOC)C(=O)NCOc1ccc(Cl)cc1Cl. The van der Waals surface area contributed by atoms with E-state index in [2.05, 4.69) is 5.32 Å². The quantitative estimate of drug-likeness (QED) is 0.695. The van der Waals surface area contributed by atoms with Crippen molar-refractivity contribution in [3.63, 3.8) is 0 Å². The number of rotatable bonds is 9. The van der Waals surface area contributed by atoms with Gasteiger partial charge in [0, 0.05) is 32.3 Å². The number of methoxy groups -OCH3 is 2. The largest absolute Gasteiger partial charge is 0.472 e. The summed E-state index contributed by atoms with van der Waals surface area (Å²) in [6.07, 6.45) is 0. The molecule has 0 aliphatic heterocycles. The summed E-state index contributed by atoms with van der Waals surface area (Å²) in [6.45, 7) is 1.82. The molecule has 0 aliphatic rings. The van der Waals surface area contributed by atoms with Crippen LogP contribution < -0.4 is 10.1 Å². The lowest BCUT2D eigenvalue weighted by Crippen LogP contribution is -2.44. The third kappa shape index (κ3) is 6.70. The molecule has 0 fully saturated rings. The topological polar surface area (TPSA) is 60.0 Å². The van der Waals surface area contributed by atoms with Crippen LogP contribution in [0.5, 0.6) is 5.75 Å². The van der Waals surface area contributed by atoms with Crippen molar-refractivity contribution in [1.29, 1.82) is 0 Å². The molecule has 0 radical (unpaired) electrons. The van der Waals surface area contributed by atoms with E-state index in [1.807, 2.05) is 0 Å². The maximum atomic E-state index is 12.1. The predicted octanol–water partition coefficient (Wildman–Crippen LogP) is 2.63. The van der Waals surface area contributed by atoms with Crippen molar-refractivity contribution in [2.45, 2.75) is 0 Å². The van der Waals surface area contributed by atoms with Gasteiger partial charge in [-0.1, -0.05) is 23.2 Å². The van der Waals surface area contributed by atoms with E-state index in [0.717, 1.165) is 0 Å². The summed E-state index contributed by atoms with van der Waals surface area (Å²) < 4.78 is 15.4. The minimum Gasteiger partial charge on any atom is -0.472 e. The van der Waals surface area contributed by atoms with E-state index in [-0.39, 0.29) is 12.8 Å². The second kappa shape index (κ2) is 10.5. The molecule has 0 atom stereocenters. The number of benzene rings is 1. The van der Waals surface area contributed by atoms with E-state index in [0.29, 0.717) is 42.1 Å². The van der Waals surface area contributed by atoms with Gasteiger partial charge in [0.1, 0.15) is 5.75 Å². The molecule has 2 amide bonds. The molecular formula is C14H20Cl2N2O4. The summed E-state index contributed by atoms with van der Waals surface area (Å²) >= 11 is 11.8. The Kier molecular flexibility index (Phi) is 9.00. The number of carbonyl (C=O) groups excluding carboxylic acids is 1. The molecule has 6 nitrogen and oxygen atoms in total. The second-order valence-electron chi connectivity index (χ2n) is 4.32. The lowest BCUT2D eigenvalue weighted by atomic mass is 10.3. The van der Waals surface area contributed by atoms with Gasteiger partial charge in [-0.15, -0.1) is 0 Å². The van der Waals surface area contributed by atoms with Crippen molar-refractivity contribution in [3.05, 3.63) is 28.2 Å². The second-order valence-corrected chi connectivity index (χ2v) is 5.16. The van der Waals surface area contributed by atoms with Gasteiger partial charge in [0.2, 0.25) is 0 Å². The Morgan fingerprint density at radius 3 is 2.36 bits per heavy atom. The van der Waals surface area contributed by atoms with Crippen molar-refractivity contribution in [2.75, 3.05) is 47.3 Å². The van der Waals surface area contributed by atoms with Crippen molar-refractivity contribution < 1.29 is 19.0 Å². The molecule has 0 bridgehead atoms. The van der Waals surface area contributed by atoms with Crippen LogP contribution in [-0.4, -0.2) is 58.2 Å². The van der Waals surface area contributed by atoms with Crippen molar-refractivity contribution in [1.82, 2.24) is 10.2 Å². The fourth-order valence-corrected chi connectivity index (χ4v) is 2.06. The normalized spacial score (nSPS) is 10.4. The first-order valence-corrected chi connectivity index (χ1v) is 7.42. The van der Waals surface area contributed by atoms with Gasteiger partial charge < -0.3 is 24.4 Å². The Labute approximate surface area is 140 Å². The number of urea groups is 1. The molecule has 22 heavy (non-hydrogen) atoms. The highest BCUT2D eigenvalue weighted by Gasteiger charge is 2.12. The summed E-state index contributed by atoms with van der Waals surface area (Å²) in [5.41, 5.74) is 0. The van der Waals surface area contributed by atoms with Crippen LogP contribution in [-0.2, 0) is 9.47 Å². The minimum absolute atomic E-state index is 0.00332. The molecule has 0 heterocycles. The average Bonchev–Trinajstić information content (AvgIpc) is 2.49. The highest BCUT2D eigenvalue weighted by molar-refractivity contribution is 6.35. The Hall–Kier alpha value is -1.21. The number of hydrogen-bond donors (Lipinski definition) is 1. The van der Waals surface area contributed by atoms with E-state index < -0.39 is 0 Å². The van der Waals surface area contributed by atoms with Crippen LogP contribution >= 0.6 is 23.2 Å². The number of ether oxygens (including phenoxy) is 3. The van der Waals surface area contributed by atoms with Crippen molar-refractivity contribution >= 4 is 29.2 Å². The van der Waals surface area contributed by atoms with Crippen LogP contribution in [0, 0.1) is 0 Å². The maximum absolute atomic E-state index is 12.1. The summed E-state index contributed by atoms with van der Waals surface area (Å²) in [5, 5.41) is 3.56. The number of halogens is 2. The van der Waals surface area contributed by atoms with Gasteiger partial charge in [-0.25, -0.2) is 4.79 Å². The number of hydrogen-bond acceptors (Lipinski definition) is 4. The van der Waals surface area contributed by atoms with Crippen molar-refractivity contribution in [3.8, 4) is 5.75 Å². The molecule has 124 valence electrons. The highest BCUT2D eigenvalue weighted by Crippen LogP contribution is 2.27. The van der Waals surface area contributed by atoms with Crippen LogP contribution in [0.15, 0.2) is 18.2 Å². The van der Waals surface area contributed by atoms with Gasteiger partial charge in [0.25, 0.3) is 0 Å². The maximum Gasteiger partial charge on any atom is 0.320 e. The summed E-state index contributed by atoms with van der Waals surface area (Å²) in [4.78, 5) is 13.6. The van der Waals surface area contributed by atoms with Crippen LogP contribution in [0.25, 0.3) is 0 Å². The Morgan fingerprint density at radius 2 is 1.82 bits per heavy atom. The van der Waals surface area contributed by atoms with Crippen molar-refractivity contribution in [2.24, 2.45) is 0 Å². The molecule has 1 rings (SSSR count). The fraction of sp³-hybridized carbons (Fsp3) is 0.500. The average molecular weight is 351 g/mol. The predicted molar refractivity (Wildman–Crippen MR) is 85.8 cm³/mol. The molecule has 0 saturated carbocycles. The highest BCUT2D eigenvalue weighted by atomic mass is 35.5. The first-order valence-electron chi connectivity index (χ1n) is 6.67. The smallest absolute Gasteiger partial charge is 0.320 e. The lowest BCUT2D eigenvalue weighted by Gasteiger charge is -2.22. The molecular weight excluding hydrogens is 331 g/mol. The van der Waals surface area contributed by atoms with Crippen LogP contribution in [0.1, 0.15) is 0 Å². The molecule has 1 N–H and O–H groups in total. The zero-order chi connectivity index (χ0) is 16.4. The van der Waals surface area contributed by atoms with Crippen LogP contribution in [0.4, 0.5) is 4.79 Å². The summed E-state index contributed by atoms with van der Waals surface area (Å²) in [7, 11) is 3.16. The molecule has 0 spiro atoms. The molecule has 1 aromatic rings. The number of nitrogens with one attached hydrogen (secondary N) is 1. The third-order valence-electron chi connectivity index (χ3n) is 2.76. The van der Waals surface area contributed by atoms with Crippen LogP contribution in [0.3, 0.4) is 0 Å².